The molecule has 1 aromatic rings. The minimum atomic E-state index is -1.27. The molecular formula is C30H45N5O7. The van der Waals surface area contributed by atoms with Crippen LogP contribution in [0.4, 0.5) is 4.79 Å². The Morgan fingerprint density at radius 1 is 1.19 bits per heavy atom. The maximum atomic E-state index is 14.2. The summed E-state index contributed by atoms with van der Waals surface area (Å²) in [5.41, 5.74) is -2.05. The molecule has 12 nitrogen and oxygen atoms in total. The van der Waals surface area contributed by atoms with Crippen LogP contribution in [0, 0.1) is 25.2 Å². The van der Waals surface area contributed by atoms with Gasteiger partial charge in [-0.05, 0) is 59.4 Å². The molecule has 2 aliphatic rings. The van der Waals surface area contributed by atoms with E-state index >= 15 is 0 Å². The first-order valence-electron chi connectivity index (χ1n) is 14.3. The van der Waals surface area contributed by atoms with E-state index in [0.717, 1.165) is 0 Å². The summed E-state index contributed by atoms with van der Waals surface area (Å²) in [5, 5.41) is 9.94. The zero-order chi connectivity index (χ0) is 31.8. The second kappa shape index (κ2) is 11.9. The second-order valence-electron chi connectivity index (χ2n) is 13.3. The fourth-order valence-corrected chi connectivity index (χ4v) is 5.34. The van der Waals surface area contributed by atoms with Gasteiger partial charge in [0.1, 0.15) is 23.2 Å². The Labute approximate surface area is 247 Å². The highest BCUT2D eigenvalue weighted by Gasteiger charge is 2.62. The Kier molecular flexibility index (Phi) is 9.29. The number of nitrogens with zero attached hydrogens (tertiary/aromatic N) is 3. The average molecular weight is 588 g/mol. The number of likely N-dealkylation sites (tertiary alicyclic amines) is 1. The van der Waals surface area contributed by atoms with Crippen LogP contribution in [0.15, 0.2) is 23.5 Å². The Balaban J connectivity index is 2.00. The number of aromatic nitrogens is 2. The van der Waals surface area contributed by atoms with E-state index in [2.05, 4.69) is 22.3 Å². The van der Waals surface area contributed by atoms with Crippen molar-refractivity contribution in [1.82, 2.24) is 25.3 Å². The number of hydrogen-bond acceptors (Lipinski definition) is 8. The maximum absolute atomic E-state index is 14.2. The summed E-state index contributed by atoms with van der Waals surface area (Å²) in [5.74, 6) is -1.97. The van der Waals surface area contributed by atoms with E-state index in [4.69, 9.17) is 9.47 Å². The zero-order valence-electron chi connectivity index (χ0n) is 26.2. The topological polar surface area (TPSA) is 149 Å². The van der Waals surface area contributed by atoms with Gasteiger partial charge >= 0.3 is 12.1 Å². The third-order valence-electron chi connectivity index (χ3n) is 7.51. The molecule has 1 saturated carbocycles. The molecule has 0 unspecified atom stereocenters. The molecule has 2 heterocycles. The van der Waals surface area contributed by atoms with Gasteiger partial charge in [-0.15, -0.1) is 6.58 Å². The first-order chi connectivity index (χ1) is 19.3. The molecule has 3 rings (SSSR count). The van der Waals surface area contributed by atoms with Crippen LogP contribution in [0.5, 0.6) is 0 Å². The lowest BCUT2D eigenvalue weighted by Crippen LogP contribution is -2.59. The molecule has 1 aliphatic heterocycles. The van der Waals surface area contributed by atoms with Crippen LogP contribution in [0.1, 0.15) is 78.6 Å². The quantitative estimate of drug-likeness (QED) is 0.348. The third-order valence-corrected chi connectivity index (χ3v) is 7.51. The van der Waals surface area contributed by atoms with E-state index in [1.807, 2.05) is 0 Å². The lowest BCUT2D eigenvalue weighted by molar-refractivity contribution is -0.150. The highest BCUT2D eigenvalue weighted by Crippen LogP contribution is 2.46. The van der Waals surface area contributed by atoms with Crippen LogP contribution < -0.4 is 16.2 Å². The molecule has 1 aliphatic carbocycles. The second-order valence-corrected chi connectivity index (χ2v) is 13.3. The minimum Gasteiger partial charge on any atom is -0.464 e. The number of amides is 3. The molecule has 232 valence electrons. The summed E-state index contributed by atoms with van der Waals surface area (Å²) >= 11 is 0. The van der Waals surface area contributed by atoms with Crippen molar-refractivity contribution in [2.24, 2.45) is 11.3 Å². The summed E-state index contributed by atoms with van der Waals surface area (Å²) in [4.78, 5) is 68.1. The van der Waals surface area contributed by atoms with Crippen LogP contribution in [0.2, 0.25) is 0 Å². The predicted octanol–water partition coefficient (Wildman–Crippen LogP) is 2.57. The Morgan fingerprint density at radius 2 is 1.83 bits per heavy atom. The van der Waals surface area contributed by atoms with Gasteiger partial charge in [-0.25, -0.2) is 14.3 Å². The van der Waals surface area contributed by atoms with Crippen molar-refractivity contribution in [2.75, 3.05) is 13.2 Å². The van der Waals surface area contributed by atoms with Gasteiger partial charge in [0, 0.05) is 24.4 Å². The number of aryl methyl sites for hydroxylation is 2. The number of ether oxygens (including phenoxy) is 2. The lowest BCUT2D eigenvalue weighted by Gasteiger charge is -2.36. The number of hydrogen-bond donors (Lipinski definition) is 2. The van der Waals surface area contributed by atoms with Crippen LogP contribution >= 0.6 is 0 Å². The van der Waals surface area contributed by atoms with Crippen molar-refractivity contribution in [3.63, 3.8) is 0 Å². The Bertz CT molecular complexity index is 1310. The molecule has 3 amide bonds. The van der Waals surface area contributed by atoms with Gasteiger partial charge in [0.15, 0.2) is 0 Å². The van der Waals surface area contributed by atoms with Crippen molar-refractivity contribution in [1.29, 1.82) is 0 Å². The molecule has 5 atom stereocenters. The molecule has 1 aromatic heterocycles. The van der Waals surface area contributed by atoms with Crippen molar-refractivity contribution in [3.8, 4) is 0 Å². The lowest BCUT2D eigenvalue weighted by atomic mass is 9.85. The van der Waals surface area contributed by atoms with Crippen LogP contribution in [0.25, 0.3) is 0 Å². The average Bonchev–Trinajstić information content (AvgIpc) is 3.39. The van der Waals surface area contributed by atoms with E-state index in [1.165, 1.54) is 9.58 Å². The largest absolute Gasteiger partial charge is 0.464 e. The molecule has 2 N–H and O–H groups in total. The van der Waals surface area contributed by atoms with E-state index in [-0.39, 0.29) is 31.0 Å². The van der Waals surface area contributed by atoms with Crippen molar-refractivity contribution in [3.05, 3.63) is 40.3 Å². The van der Waals surface area contributed by atoms with Crippen molar-refractivity contribution >= 4 is 23.9 Å². The van der Waals surface area contributed by atoms with E-state index in [1.54, 1.807) is 74.5 Å². The first-order valence-corrected chi connectivity index (χ1v) is 14.3. The number of rotatable bonds is 8. The highest BCUT2D eigenvalue weighted by molar-refractivity contribution is 5.96. The summed E-state index contributed by atoms with van der Waals surface area (Å²) in [7, 11) is 0. The molecule has 1 saturated heterocycles. The monoisotopic (exact) mass is 587 g/mol. The number of carbonyl (C=O) groups excluding carboxylic acids is 4. The maximum Gasteiger partial charge on any atom is 0.408 e. The number of esters is 1. The van der Waals surface area contributed by atoms with E-state index in [9.17, 15) is 24.0 Å². The number of carbonyl (C=O) groups is 4. The number of alkyl carbamates (subject to hydrolysis) is 1. The van der Waals surface area contributed by atoms with Gasteiger partial charge in [0.25, 0.3) is 5.56 Å². The van der Waals surface area contributed by atoms with Crippen LogP contribution in [-0.4, -0.2) is 74.9 Å². The van der Waals surface area contributed by atoms with Crippen LogP contribution in [0.3, 0.4) is 0 Å². The summed E-state index contributed by atoms with van der Waals surface area (Å²) < 4.78 is 12.0. The predicted molar refractivity (Wildman–Crippen MR) is 156 cm³/mol. The van der Waals surface area contributed by atoms with E-state index in [0.29, 0.717) is 17.7 Å². The molecule has 0 radical (unpaired) electrons. The van der Waals surface area contributed by atoms with Crippen LogP contribution in [-0.2, 0) is 23.9 Å². The van der Waals surface area contributed by atoms with Gasteiger partial charge < -0.3 is 25.0 Å². The Hall–Kier alpha value is -3.70. The Morgan fingerprint density at radius 3 is 2.36 bits per heavy atom. The SMILES string of the molecule is C=C[C@@H]1C[C@]1(NC(=O)[C@@H]1C[C@@H](n2nc(C)cc(C)c2=O)CN1C(=O)[C@@H](NC(=O)OC(C)(C)C)C(C)(C)C)C(=O)OCC. The van der Waals surface area contributed by atoms with Gasteiger partial charge in [-0.1, -0.05) is 26.8 Å². The third kappa shape index (κ3) is 7.01. The van der Waals surface area contributed by atoms with Crippen molar-refractivity contribution in [2.45, 2.75) is 104 Å². The molecule has 0 aromatic carbocycles. The molecular weight excluding hydrogens is 542 g/mol. The molecule has 12 heteroatoms. The van der Waals surface area contributed by atoms with Crippen molar-refractivity contribution < 1.29 is 28.7 Å². The smallest absolute Gasteiger partial charge is 0.408 e. The fourth-order valence-electron chi connectivity index (χ4n) is 5.34. The zero-order valence-corrected chi connectivity index (χ0v) is 26.2. The van der Waals surface area contributed by atoms with Gasteiger partial charge in [0.2, 0.25) is 11.8 Å². The minimum absolute atomic E-state index is 0.00735. The van der Waals surface area contributed by atoms with Gasteiger partial charge in [-0.3, -0.25) is 14.4 Å². The van der Waals surface area contributed by atoms with Gasteiger partial charge in [0.05, 0.1) is 18.3 Å². The van der Waals surface area contributed by atoms with Gasteiger partial charge in [-0.2, -0.15) is 5.10 Å². The summed E-state index contributed by atoms with van der Waals surface area (Å²) in [6.07, 6.45) is 1.23. The summed E-state index contributed by atoms with van der Waals surface area (Å²) in [6.45, 7) is 19.5. The summed E-state index contributed by atoms with van der Waals surface area (Å²) in [6, 6.07) is -1.07. The van der Waals surface area contributed by atoms with E-state index < -0.39 is 58.6 Å². The number of nitrogens with one attached hydrogen (secondary N) is 2. The standard InChI is InChI=1S/C30H45N5O7/c1-11-19-15-30(19,26(39)41-12-2)32-23(36)21-14-20(35-24(37)17(3)13-18(4)33-35)16-34(21)25(38)22(28(5,6)7)31-27(40)42-29(8,9)10/h11,13,19-22H,1,12,14-16H2,2-10H3,(H,31,40)(H,32,36)/t19-,20-,21+,22-,30-/m1/s1. The molecule has 2 fully saturated rings. The fraction of sp³-hybridized carbons (Fsp3) is 0.667. The first kappa shape index (κ1) is 32.8. The molecule has 42 heavy (non-hydrogen) atoms. The normalized spacial score (nSPS) is 24.4. The highest BCUT2D eigenvalue weighted by atomic mass is 16.6. The molecule has 0 bridgehead atoms. The molecule has 0 spiro atoms.